The van der Waals surface area contributed by atoms with Gasteiger partial charge in [-0.3, -0.25) is 4.79 Å². The highest BCUT2D eigenvalue weighted by Gasteiger charge is 2.08. The van der Waals surface area contributed by atoms with E-state index < -0.39 is 0 Å². The Bertz CT molecular complexity index is 720. The SMILES string of the molecule is O=C(CCc1ccccc1)NCc1coc(-c2cccs2)n1. The maximum absolute atomic E-state index is 11.9. The standard InChI is InChI=1S/C17H16N2O2S/c20-16(9-8-13-5-2-1-3-6-13)18-11-14-12-21-17(19-14)15-7-4-10-22-15/h1-7,10,12H,8-9,11H2,(H,18,20). The quantitative estimate of drug-likeness (QED) is 0.756. The summed E-state index contributed by atoms with van der Waals surface area (Å²) in [6, 6.07) is 13.9. The molecule has 0 aliphatic carbocycles. The highest BCUT2D eigenvalue weighted by molar-refractivity contribution is 7.13. The third kappa shape index (κ3) is 3.83. The summed E-state index contributed by atoms with van der Waals surface area (Å²) in [6.07, 6.45) is 2.80. The first-order chi connectivity index (χ1) is 10.8. The van der Waals surface area contributed by atoms with E-state index in [-0.39, 0.29) is 5.91 Å². The number of carbonyl (C=O) groups is 1. The van der Waals surface area contributed by atoms with Crippen molar-refractivity contribution in [3.05, 3.63) is 65.4 Å². The fraction of sp³-hybridized carbons (Fsp3) is 0.176. The van der Waals surface area contributed by atoms with Crippen LogP contribution in [0.5, 0.6) is 0 Å². The van der Waals surface area contributed by atoms with Gasteiger partial charge in [-0.05, 0) is 23.4 Å². The first kappa shape index (κ1) is 14.5. The van der Waals surface area contributed by atoms with E-state index in [1.165, 1.54) is 5.56 Å². The van der Waals surface area contributed by atoms with Gasteiger partial charge < -0.3 is 9.73 Å². The van der Waals surface area contributed by atoms with Crippen molar-refractivity contribution in [2.75, 3.05) is 0 Å². The second-order valence-corrected chi connectivity index (χ2v) is 5.83. The summed E-state index contributed by atoms with van der Waals surface area (Å²) in [5, 5.41) is 4.85. The Morgan fingerprint density at radius 3 is 2.82 bits per heavy atom. The van der Waals surface area contributed by atoms with Crippen molar-refractivity contribution in [1.29, 1.82) is 0 Å². The summed E-state index contributed by atoms with van der Waals surface area (Å²) >= 11 is 1.58. The molecule has 3 aromatic rings. The lowest BCUT2D eigenvalue weighted by atomic mass is 10.1. The van der Waals surface area contributed by atoms with Crippen LogP contribution in [0.4, 0.5) is 0 Å². The molecule has 1 aromatic carbocycles. The van der Waals surface area contributed by atoms with E-state index in [0.29, 0.717) is 18.9 Å². The molecule has 4 nitrogen and oxygen atoms in total. The van der Waals surface area contributed by atoms with Gasteiger partial charge in [0, 0.05) is 6.42 Å². The van der Waals surface area contributed by atoms with E-state index in [4.69, 9.17) is 4.42 Å². The van der Waals surface area contributed by atoms with Crippen molar-refractivity contribution in [1.82, 2.24) is 10.3 Å². The molecule has 1 N–H and O–H groups in total. The van der Waals surface area contributed by atoms with Crippen molar-refractivity contribution in [3.8, 4) is 10.8 Å². The normalized spacial score (nSPS) is 10.5. The largest absolute Gasteiger partial charge is 0.443 e. The number of amides is 1. The number of aromatic nitrogens is 1. The molecular formula is C17H16N2O2S. The summed E-state index contributed by atoms with van der Waals surface area (Å²) in [5.41, 5.74) is 1.90. The summed E-state index contributed by atoms with van der Waals surface area (Å²) in [5.74, 6) is 0.619. The summed E-state index contributed by atoms with van der Waals surface area (Å²) in [4.78, 5) is 17.2. The molecule has 0 saturated heterocycles. The molecule has 2 heterocycles. The van der Waals surface area contributed by atoms with Gasteiger partial charge in [0.15, 0.2) is 0 Å². The Balaban J connectivity index is 1.47. The highest BCUT2D eigenvalue weighted by atomic mass is 32.1. The van der Waals surface area contributed by atoms with Crippen LogP contribution in [0.3, 0.4) is 0 Å². The molecule has 0 fully saturated rings. The summed E-state index contributed by atoms with van der Waals surface area (Å²) in [7, 11) is 0. The zero-order chi connectivity index (χ0) is 15.2. The highest BCUT2D eigenvalue weighted by Crippen LogP contribution is 2.23. The van der Waals surface area contributed by atoms with E-state index in [0.717, 1.165) is 17.0 Å². The molecule has 5 heteroatoms. The summed E-state index contributed by atoms with van der Waals surface area (Å²) < 4.78 is 5.42. The zero-order valence-electron chi connectivity index (χ0n) is 12.0. The van der Waals surface area contributed by atoms with Gasteiger partial charge in [-0.25, -0.2) is 4.98 Å². The molecule has 1 amide bonds. The number of aryl methyl sites for hydroxylation is 1. The zero-order valence-corrected chi connectivity index (χ0v) is 12.8. The first-order valence-electron chi connectivity index (χ1n) is 7.10. The molecule has 3 rings (SSSR count). The third-order valence-corrected chi connectivity index (χ3v) is 4.09. The van der Waals surface area contributed by atoms with Crippen LogP contribution in [0.2, 0.25) is 0 Å². The Labute approximate surface area is 132 Å². The maximum Gasteiger partial charge on any atom is 0.236 e. The molecule has 2 aromatic heterocycles. The predicted molar refractivity (Wildman–Crippen MR) is 86.4 cm³/mol. The van der Waals surface area contributed by atoms with Crippen LogP contribution in [0, 0.1) is 0 Å². The minimum Gasteiger partial charge on any atom is -0.443 e. The van der Waals surface area contributed by atoms with Gasteiger partial charge in [0.1, 0.15) is 6.26 Å². The minimum absolute atomic E-state index is 0.0181. The Kier molecular flexibility index (Phi) is 4.65. The molecule has 0 unspecified atom stereocenters. The predicted octanol–water partition coefficient (Wildman–Crippen LogP) is 3.65. The second-order valence-electron chi connectivity index (χ2n) is 4.88. The number of hydrogen-bond donors (Lipinski definition) is 1. The minimum atomic E-state index is 0.0181. The van der Waals surface area contributed by atoms with Crippen LogP contribution < -0.4 is 5.32 Å². The van der Waals surface area contributed by atoms with Crippen molar-refractivity contribution < 1.29 is 9.21 Å². The fourth-order valence-electron chi connectivity index (χ4n) is 2.08. The average Bonchev–Trinajstić information content (AvgIpc) is 3.22. The van der Waals surface area contributed by atoms with E-state index in [9.17, 15) is 4.79 Å². The van der Waals surface area contributed by atoms with Gasteiger partial charge in [-0.2, -0.15) is 0 Å². The van der Waals surface area contributed by atoms with Crippen molar-refractivity contribution in [2.45, 2.75) is 19.4 Å². The van der Waals surface area contributed by atoms with Crippen LogP contribution >= 0.6 is 11.3 Å². The molecule has 0 bridgehead atoms. The number of carbonyl (C=O) groups excluding carboxylic acids is 1. The lowest BCUT2D eigenvalue weighted by molar-refractivity contribution is -0.121. The van der Waals surface area contributed by atoms with E-state index in [2.05, 4.69) is 10.3 Å². The second kappa shape index (κ2) is 7.04. The van der Waals surface area contributed by atoms with Crippen LogP contribution in [-0.2, 0) is 17.8 Å². The molecule has 0 atom stereocenters. The fourth-order valence-corrected chi connectivity index (χ4v) is 2.74. The molecule has 0 saturated carbocycles. The van der Waals surface area contributed by atoms with Gasteiger partial charge in [-0.15, -0.1) is 11.3 Å². The molecular weight excluding hydrogens is 296 g/mol. The van der Waals surface area contributed by atoms with Crippen molar-refractivity contribution in [3.63, 3.8) is 0 Å². The monoisotopic (exact) mass is 312 g/mol. The number of oxazole rings is 1. The summed E-state index contributed by atoms with van der Waals surface area (Å²) in [6.45, 7) is 0.391. The number of nitrogens with one attached hydrogen (secondary N) is 1. The Morgan fingerprint density at radius 2 is 2.05 bits per heavy atom. The van der Waals surface area contributed by atoms with Gasteiger partial charge in [0.05, 0.1) is 17.1 Å². The molecule has 0 radical (unpaired) electrons. The van der Waals surface area contributed by atoms with E-state index in [1.807, 2.05) is 47.8 Å². The van der Waals surface area contributed by atoms with Crippen molar-refractivity contribution in [2.24, 2.45) is 0 Å². The number of benzene rings is 1. The van der Waals surface area contributed by atoms with E-state index >= 15 is 0 Å². The first-order valence-corrected chi connectivity index (χ1v) is 7.98. The third-order valence-electron chi connectivity index (χ3n) is 3.23. The maximum atomic E-state index is 11.9. The lowest BCUT2D eigenvalue weighted by Crippen LogP contribution is -2.23. The molecule has 0 aliphatic heterocycles. The van der Waals surface area contributed by atoms with Crippen LogP contribution in [0.1, 0.15) is 17.7 Å². The topological polar surface area (TPSA) is 55.1 Å². The average molecular weight is 312 g/mol. The molecule has 0 spiro atoms. The van der Waals surface area contributed by atoms with Gasteiger partial charge in [-0.1, -0.05) is 36.4 Å². The number of rotatable bonds is 6. The number of nitrogens with zero attached hydrogens (tertiary/aromatic N) is 1. The molecule has 112 valence electrons. The van der Waals surface area contributed by atoms with Gasteiger partial charge in [0.2, 0.25) is 11.8 Å². The van der Waals surface area contributed by atoms with Crippen LogP contribution in [0.25, 0.3) is 10.8 Å². The Hall–Kier alpha value is -2.40. The molecule has 0 aliphatic rings. The smallest absolute Gasteiger partial charge is 0.236 e. The Morgan fingerprint density at radius 1 is 1.18 bits per heavy atom. The van der Waals surface area contributed by atoms with Crippen LogP contribution in [0.15, 0.2) is 58.5 Å². The van der Waals surface area contributed by atoms with E-state index in [1.54, 1.807) is 17.6 Å². The molecule has 22 heavy (non-hydrogen) atoms. The van der Waals surface area contributed by atoms with Crippen LogP contribution in [-0.4, -0.2) is 10.9 Å². The van der Waals surface area contributed by atoms with Gasteiger partial charge in [0.25, 0.3) is 0 Å². The van der Waals surface area contributed by atoms with Crippen molar-refractivity contribution >= 4 is 17.2 Å². The number of hydrogen-bond acceptors (Lipinski definition) is 4. The lowest BCUT2D eigenvalue weighted by Gasteiger charge is -2.03. The number of thiophene rings is 1. The van der Waals surface area contributed by atoms with Gasteiger partial charge >= 0.3 is 0 Å².